The van der Waals surface area contributed by atoms with Gasteiger partial charge in [0, 0.05) is 6.07 Å². The number of hydrogen-bond acceptors (Lipinski definition) is 5. The minimum absolute atomic E-state index is 0.0199. The maximum atomic E-state index is 12.0. The summed E-state index contributed by atoms with van der Waals surface area (Å²) >= 11 is 0. The molecule has 7 nitrogen and oxygen atoms in total. The molecule has 7 heteroatoms. The number of nitro benzene ring substituents is 1. The SMILES string of the molecule is Cc1cccc(C(=O)Nc2ccc([N+](=O)[O-])cc2O)c1O. The van der Waals surface area contributed by atoms with E-state index in [-0.39, 0.29) is 22.7 Å². The van der Waals surface area contributed by atoms with Gasteiger partial charge in [0.25, 0.3) is 11.6 Å². The number of carbonyl (C=O) groups is 1. The fraction of sp³-hybridized carbons (Fsp3) is 0.0714. The number of phenolic OH excluding ortho intramolecular Hbond substituents is 2. The van der Waals surface area contributed by atoms with E-state index in [9.17, 15) is 25.1 Å². The molecule has 0 fully saturated rings. The van der Waals surface area contributed by atoms with Gasteiger partial charge in [-0.15, -0.1) is 0 Å². The van der Waals surface area contributed by atoms with E-state index in [2.05, 4.69) is 5.32 Å². The average Bonchev–Trinajstić information content (AvgIpc) is 2.43. The van der Waals surface area contributed by atoms with Gasteiger partial charge in [-0.05, 0) is 24.6 Å². The third-order valence-electron chi connectivity index (χ3n) is 2.92. The van der Waals surface area contributed by atoms with Crippen molar-refractivity contribution in [2.45, 2.75) is 6.92 Å². The number of nitrogens with zero attached hydrogens (tertiary/aromatic N) is 1. The largest absolute Gasteiger partial charge is 0.507 e. The van der Waals surface area contributed by atoms with E-state index in [0.717, 1.165) is 12.1 Å². The molecule has 0 aliphatic rings. The first kappa shape index (κ1) is 14.3. The monoisotopic (exact) mass is 288 g/mol. The lowest BCUT2D eigenvalue weighted by atomic mass is 10.1. The number of para-hydroxylation sites is 1. The molecule has 0 bridgehead atoms. The van der Waals surface area contributed by atoms with Crippen LogP contribution in [0.3, 0.4) is 0 Å². The Kier molecular flexibility index (Phi) is 3.75. The number of aromatic hydroxyl groups is 2. The highest BCUT2D eigenvalue weighted by atomic mass is 16.6. The van der Waals surface area contributed by atoms with Crippen LogP contribution in [0.5, 0.6) is 11.5 Å². The Morgan fingerprint density at radius 1 is 1.24 bits per heavy atom. The van der Waals surface area contributed by atoms with Crippen molar-refractivity contribution in [3.05, 3.63) is 57.6 Å². The number of aryl methyl sites for hydroxylation is 1. The van der Waals surface area contributed by atoms with E-state index in [4.69, 9.17) is 0 Å². The molecule has 0 heterocycles. The fourth-order valence-corrected chi connectivity index (χ4v) is 1.77. The molecule has 0 aliphatic carbocycles. The Morgan fingerprint density at radius 3 is 2.57 bits per heavy atom. The number of rotatable bonds is 3. The van der Waals surface area contributed by atoms with Gasteiger partial charge in [0.15, 0.2) is 0 Å². The van der Waals surface area contributed by atoms with Crippen LogP contribution in [0.1, 0.15) is 15.9 Å². The Balaban J connectivity index is 2.28. The van der Waals surface area contributed by atoms with E-state index in [0.29, 0.717) is 5.56 Å². The molecule has 0 radical (unpaired) electrons. The van der Waals surface area contributed by atoms with Crippen LogP contribution < -0.4 is 5.32 Å². The predicted octanol–water partition coefficient (Wildman–Crippen LogP) is 2.57. The van der Waals surface area contributed by atoms with Crippen molar-refractivity contribution >= 4 is 17.3 Å². The van der Waals surface area contributed by atoms with Gasteiger partial charge in [0.1, 0.15) is 11.5 Å². The van der Waals surface area contributed by atoms with Crippen LogP contribution in [0.2, 0.25) is 0 Å². The van der Waals surface area contributed by atoms with E-state index >= 15 is 0 Å². The quantitative estimate of drug-likeness (QED) is 0.456. The van der Waals surface area contributed by atoms with Crippen LogP contribution in [-0.4, -0.2) is 21.0 Å². The summed E-state index contributed by atoms with van der Waals surface area (Å²) < 4.78 is 0. The number of hydrogen-bond donors (Lipinski definition) is 3. The third kappa shape index (κ3) is 2.92. The molecule has 0 atom stereocenters. The van der Waals surface area contributed by atoms with Gasteiger partial charge in [0.05, 0.1) is 22.2 Å². The lowest BCUT2D eigenvalue weighted by Crippen LogP contribution is -2.12. The van der Waals surface area contributed by atoms with Crippen LogP contribution >= 0.6 is 0 Å². The van der Waals surface area contributed by atoms with Gasteiger partial charge >= 0.3 is 0 Å². The number of nitrogens with one attached hydrogen (secondary N) is 1. The topological polar surface area (TPSA) is 113 Å². The first-order valence-corrected chi connectivity index (χ1v) is 5.97. The summed E-state index contributed by atoms with van der Waals surface area (Å²) in [7, 11) is 0. The molecule has 0 aromatic heterocycles. The summed E-state index contributed by atoms with van der Waals surface area (Å²) in [4.78, 5) is 22.0. The van der Waals surface area contributed by atoms with Crippen molar-refractivity contribution in [1.82, 2.24) is 0 Å². The number of carbonyl (C=O) groups excluding carboxylic acids is 1. The normalized spacial score (nSPS) is 10.1. The van der Waals surface area contributed by atoms with Crippen LogP contribution in [0.25, 0.3) is 0 Å². The van der Waals surface area contributed by atoms with Crippen LogP contribution in [-0.2, 0) is 0 Å². The van der Waals surface area contributed by atoms with E-state index in [1.165, 1.54) is 12.1 Å². The Bertz CT molecular complexity index is 727. The predicted molar refractivity (Wildman–Crippen MR) is 75.6 cm³/mol. The molecule has 0 saturated carbocycles. The molecular weight excluding hydrogens is 276 g/mol. The summed E-state index contributed by atoms with van der Waals surface area (Å²) in [6.45, 7) is 1.65. The number of nitro groups is 1. The number of phenols is 2. The summed E-state index contributed by atoms with van der Waals surface area (Å²) in [6, 6.07) is 8.00. The van der Waals surface area contributed by atoms with Crippen LogP contribution in [0, 0.1) is 17.0 Å². The summed E-state index contributed by atoms with van der Waals surface area (Å²) in [5, 5.41) is 32.5. The van der Waals surface area contributed by atoms with Crippen LogP contribution in [0.15, 0.2) is 36.4 Å². The summed E-state index contributed by atoms with van der Waals surface area (Å²) in [5.41, 5.74) is 0.318. The molecule has 3 N–H and O–H groups in total. The molecule has 0 saturated heterocycles. The second-order valence-electron chi connectivity index (χ2n) is 4.38. The number of anilines is 1. The zero-order valence-corrected chi connectivity index (χ0v) is 11.0. The number of non-ortho nitro benzene ring substituents is 1. The Hall–Kier alpha value is -3.09. The number of benzene rings is 2. The zero-order valence-electron chi connectivity index (χ0n) is 11.0. The fourth-order valence-electron chi connectivity index (χ4n) is 1.77. The lowest BCUT2D eigenvalue weighted by molar-refractivity contribution is -0.384. The van der Waals surface area contributed by atoms with Gasteiger partial charge < -0.3 is 15.5 Å². The lowest BCUT2D eigenvalue weighted by Gasteiger charge is -2.09. The van der Waals surface area contributed by atoms with Gasteiger partial charge in [0.2, 0.25) is 0 Å². The van der Waals surface area contributed by atoms with Crippen molar-refractivity contribution in [3.63, 3.8) is 0 Å². The molecular formula is C14H12N2O5. The van der Waals surface area contributed by atoms with Gasteiger partial charge in [-0.25, -0.2) is 0 Å². The molecule has 21 heavy (non-hydrogen) atoms. The van der Waals surface area contributed by atoms with Crippen molar-refractivity contribution in [3.8, 4) is 11.5 Å². The van der Waals surface area contributed by atoms with E-state index in [1.807, 2.05) is 0 Å². The first-order chi connectivity index (χ1) is 9.90. The highest BCUT2D eigenvalue weighted by Crippen LogP contribution is 2.29. The minimum atomic E-state index is -0.655. The molecule has 108 valence electrons. The summed E-state index contributed by atoms with van der Waals surface area (Å²) in [5.74, 6) is -1.21. The van der Waals surface area contributed by atoms with Crippen molar-refractivity contribution in [1.29, 1.82) is 0 Å². The van der Waals surface area contributed by atoms with Crippen molar-refractivity contribution in [2.75, 3.05) is 5.32 Å². The van der Waals surface area contributed by atoms with Crippen molar-refractivity contribution in [2.24, 2.45) is 0 Å². The molecule has 0 unspecified atom stereocenters. The first-order valence-electron chi connectivity index (χ1n) is 5.97. The van der Waals surface area contributed by atoms with E-state index < -0.39 is 16.6 Å². The van der Waals surface area contributed by atoms with Gasteiger partial charge in [-0.3, -0.25) is 14.9 Å². The second kappa shape index (κ2) is 5.49. The molecule has 0 aliphatic heterocycles. The molecule has 2 aromatic rings. The van der Waals surface area contributed by atoms with Gasteiger partial charge in [-0.2, -0.15) is 0 Å². The third-order valence-corrected chi connectivity index (χ3v) is 2.92. The molecule has 1 amide bonds. The van der Waals surface area contributed by atoms with E-state index in [1.54, 1.807) is 19.1 Å². The minimum Gasteiger partial charge on any atom is -0.507 e. The maximum absolute atomic E-state index is 12.0. The Labute approximate surface area is 119 Å². The highest BCUT2D eigenvalue weighted by molar-refractivity contribution is 6.07. The van der Waals surface area contributed by atoms with Crippen LogP contribution in [0.4, 0.5) is 11.4 Å². The second-order valence-corrected chi connectivity index (χ2v) is 4.38. The maximum Gasteiger partial charge on any atom is 0.273 e. The van der Waals surface area contributed by atoms with Gasteiger partial charge in [-0.1, -0.05) is 12.1 Å². The molecule has 2 rings (SSSR count). The zero-order chi connectivity index (χ0) is 15.6. The number of amides is 1. The highest BCUT2D eigenvalue weighted by Gasteiger charge is 2.16. The average molecular weight is 288 g/mol. The van der Waals surface area contributed by atoms with Crippen molar-refractivity contribution < 1.29 is 19.9 Å². The smallest absolute Gasteiger partial charge is 0.273 e. The molecule has 2 aromatic carbocycles. The standard InChI is InChI=1S/C14H12N2O5/c1-8-3-2-4-10(13(8)18)14(19)15-11-6-5-9(16(20)21)7-12(11)17/h2-7,17-18H,1H3,(H,15,19). The Morgan fingerprint density at radius 2 is 1.95 bits per heavy atom. The summed E-state index contributed by atoms with van der Waals surface area (Å²) in [6.07, 6.45) is 0. The molecule has 0 spiro atoms.